The molecule has 0 aliphatic heterocycles. The van der Waals surface area contributed by atoms with E-state index in [4.69, 9.17) is 10.5 Å². The van der Waals surface area contributed by atoms with Crippen LogP contribution >= 0.6 is 0 Å². The van der Waals surface area contributed by atoms with Crippen molar-refractivity contribution in [3.8, 4) is 5.75 Å². The number of ether oxygens (including phenoxy) is 1. The summed E-state index contributed by atoms with van der Waals surface area (Å²) in [5.74, 6) is 1.22. The van der Waals surface area contributed by atoms with Crippen molar-refractivity contribution in [1.82, 2.24) is 19.5 Å². The van der Waals surface area contributed by atoms with Gasteiger partial charge in [-0.2, -0.15) is 9.40 Å². The molecule has 9 heteroatoms. The van der Waals surface area contributed by atoms with Crippen molar-refractivity contribution in [3.05, 3.63) is 29.8 Å². The first-order chi connectivity index (χ1) is 9.84. The Morgan fingerprint density at radius 3 is 2.71 bits per heavy atom. The van der Waals surface area contributed by atoms with Gasteiger partial charge in [-0.15, -0.1) is 0 Å². The lowest BCUT2D eigenvalue weighted by Crippen LogP contribution is -2.27. The lowest BCUT2D eigenvalue weighted by molar-refractivity contribution is 0.397. The molecule has 0 unspecified atom stereocenters. The molecule has 0 bridgehead atoms. The number of nitrogens with two attached hydrogens (primary N) is 1. The Morgan fingerprint density at radius 1 is 1.43 bits per heavy atom. The van der Waals surface area contributed by atoms with Crippen molar-refractivity contribution < 1.29 is 13.2 Å². The van der Waals surface area contributed by atoms with Crippen LogP contribution in [0.1, 0.15) is 11.6 Å². The minimum absolute atomic E-state index is 0.0500. The highest BCUT2D eigenvalue weighted by Crippen LogP contribution is 2.28. The van der Waals surface area contributed by atoms with Crippen molar-refractivity contribution in [2.45, 2.75) is 18.4 Å². The average molecular weight is 311 g/mol. The van der Waals surface area contributed by atoms with Crippen LogP contribution in [0.3, 0.4) is 0 Å². The second kappa shape index (κ2) is 5.70. The Balaban J connectivity index is 2.33. The van der Waals surface area contributed by atoms with Crippen molar-refractivity contribution in [1.29, 1.82) is 0 Å². The monoisotopic (exact) mass is 311 g/mol. The summed E-state index contributed by atoms with van der Waals surface area (Å²) in [6.07, 6.45) is 0. The molecule has 3 N–H and O–H groups in total. The van der Waals surface area contributed by atoms with Gasteiger partial charge in [0.1, 0.15) is 16.5 Å². The summed E-state index contributed by atoms with van der Waals surface area (Å²) in [5.41, 5.74) is 6.06. The number of nitrogens with zero attached hydrogens (tertiary/aromatic N) is 3. The summed E-state index contributed by atoms with van der Waals surface area (Å²) < 4.78 is 31.4. The lowest BCUT2D eigenvalue weighted by atomic mass is 10.3. The minimum atomic E-state index is -3.73. The number of methoxy groups -OCH3 is 1. The predicted octanol–water partition coefficient (Wildman–Crippen LogP) is 0.525. The van der Waals surface area contributed by atoms with Crippen LogP contribution < -0.4 is 10.5 Å². The van der Waals surface area contributed by atoms with E-state index in [2.05, 4.69) is 15.2 Å². The van der Waals surface area contributed by atoms with E-state index in [1.54, 1.807) is 6.92 Å². The van der Waals surface area contributed by atoms with E-state index in [9.17, 15) is 8.42 Å². The van der Waals surface area contributed by atoms with Crippen molar-refractivity contribution in [2.75, 3.05) is 19.9 Å². The highest BCUT2D eigenvalue weighted by Gasteiger charge is 2.25. The molecule has 0 amide bonds. The normalized spacial score (nSPS) is 11.8. The predicted molar refractivity (Wildman–Crippen MR) is 77.2 cm³/mol. The van der Waals surface area contributed by atoms with Gasteiger partial charge in [0.05, 0.1) is 13.7 Å². The molecule has 0 spiro atoms. The molecule has 2 rings (SSSR count). The number of sulfonamides is 1. The smallest absolute Gasteiger partial charge is 0.246 e. The van der Waals surface area contributed by atoms with Crippen LogP contribution in [0.2, 0.25) is 0 Å². The molecule has 0 radical (unpaired) electrons. The molecule has 0 aliphatic carbocycles. The molecular weight excluding hydrogens is 294 g/mol. The zero-order valence-electron chi connectivity index (χ0n) is 12.0. The number of aromatic amines is 1. The third-order valence-electron chi connectivity index (χ3n) is 2.88. The van der Waals surface area contributed by atoms with Gasteiger partial charge in [-0.1, -0.05) is 0 Å². The zero-order valence-corrected chi connectivity index (χ0v) is 12.8. The van der Waals surface area contributed by atoms with Gasteiger partial charge in [0, 0.05) is 18.8 Å². The van der Waals surface area contributed by atoms with Crippen LogP contribution in [0.5, 0.6) is 5.75 Å². The number of nitrogens with one attached hydrogen (secondary N) is 1. The minimum Gasteiger partial charge on any atom is -0.495 e. The Hall–Kier alpha value is -2.13. The average Bonchev–Trinajstić information content (AvgIpc) is 2.83. The van der Waals surface area contributed by atoms with Gasteiger partial charge < -0.3 is 10.5 Å². The fourth-order valence-corrected chi connectivity index (χ4v) is 3.07. The number of H-pyrrole nitrogens is 1. The number of aryl methyl sites for hydroxylation is 1. The maximum Gasteiger partial charge on any atom is 0.246 e. The number of benzene rings is 1. The van der Waals surface area contributed by atoms with Gasteiger partial charge in [0.15, 0.2) is 5.82 Å². The van der Waals surface area contributed by atoms with Crippen molar-refractivity contribution >= 4 is 15.7 Å². The van der Waals surface area contributed by atoms with Crippen LogP contribution in [0.15, 0.2) is 23.1 Å². The third kappa shape index (κ3) is 3.14. The van der Waals surface area contributed by atoms with E-state index in [1.807, 2.05) is 0 Å². The summed E-state index contributed by atoms with van der Waals surface area (Å²) in [6.45, 7) is 1.80. The second-order valence-corrected chi connectivity index (χ2v) is 6.52. The Morgan fingerprint density at radius 2 is 2.14 bits per heavy atom. The maximum atomic E-state index is 12.6. The molecule has 0 atom stereocenters. The van der Waals surface area contributed by atoms with E-state index < -0.39 is 10.0 Å². The SMILES string of the molecule is COc1cc(N)ccc1S(=O)(=O)N(C)Cc1n[nH]c(C)n1. The third-order valence-corrected chi connectivity index (χ3v) is 4.73. The maximum absolute atomic E-state index is 12.6. The molecule has 0 saturated heterocycles. The van der Waals surface area contributed by atoms with Crippen LogP contribution in [0, 0.1) is 6.92 Å². The fourth-order valence-electron chi connectivity index (χ4n) is 1.81. The molecule has 114 valence electrons. The summed E-state index contributed by atoms with van der Waals surface area (Å²) in [4.78, 5) is 4.14. The van der Waals surface area contributed by atoms with E-state index in [0.717, 1.165) is 4.31 Å². The molecular formula is C12H17N5O3S. The number of hydrogen-bond donors (Lipinski definition) is 2. The van der Waals surface area contributed by atoms with Gasteiger partial charge in [-0.25, -0.2) is 13.4 Å². The standard InChI is InChI=1S/C12H17N5O3S/c1-8-14-12(16-15-8)7-17(2)21(18,19)11-5-4-9(13)6-10(11)20-3/h4-6H,7,13H2,1-3H3,(H,14,15,16). The molecule has 1 heterocycles. The lowest BCUT2D eigenvalue weighted by Gasteiger charge is -2.17. The first kappa shape index (κ1) is 15.3. The molecule has 21 heavy (non-hydrogen) atoms. The van der Waals surface area contributed by atoms with Crippen LogP contribution in [0.4, 0.5) is 5.69 Å². The van der Waals surface area contributed by atoms with E-state index in [-0.39, 0.29) is 17.2 Å². The zero-order chi connectivity index (χ0) is 15.6. The molecule has 0 saturated carbocycles. The molecule has 1 aromatic heterocycles. The number of anilines is 1. The Kier molecular flexibility index (Phi) is 4.14. The van der Waals surface area contributed by atoms with Gasteiger partial charge in [0.25, 0.3) is 0 Å². The summed E-state index contributed by atoms with van der Waals surface area (Å²) in [6, 6.07) is 4.40. The first-order valence-corrected chi connectivity index (χ1v) is 7.56. The second-order valence-electron chi connectivity index (χ2n) is 4.51. The number of aromatic nitrogens is 3. The number of nitrogen functional groups attached to an aromatic ring is 1. The highest BCUT2D eigenvalue weighted by atomic mass is 32.2. The van der Waals surface area contributed by atoms with E-state index in [1.165, 1.54) is 32.4 Å². The highest BCUT2D eigenvalue weighted by molar-refractivity contribution is 7.89. The van der Waals surface area contributed by atoms with Crippen LogP contribution in [-0.2, 0) is 16.6 Å². The number of rotatable bonds is 5. The summed E-state index contributed by atoms with van der Waals surface area (Å²) in [7, 11) is -0.878. The summed E-state index contributed by atoms with van der Waals surface area (Å²) >= 11 is 0. The van der Waals surface area contributed by atoms with E-state index >= 15 is 0 Å². The number of hydrogen-bond acceptors (Lipinski definition) is 6. The largest absolute Gasteiger partial charge is 0.495 e. The van der Waals surface area contributed by atoms with Crippen LogP contribution in [-0.4, -0.2) is 42.1 Å². The molecule has 2 aromatic rings. The topological polar surface area (TPSA) is 114 Å². The Bertz CT molecular complexity index is 741. The van der Waals surface area contributed by atoms with Gasteiger partial charge in [-0.3, -0.25) is 5.10 Å². The summed E-state index contributed by atoms with van der Waals surface area (Å²) in [5, 5.41) is 6.60. The van der Waals surface area contributed by atoms with Crippen molar-refractivity contribution in [2.24, 2.45) is 0 Å². The van der Waals surface area contributed by atoms with Crippen molar-refractivity contribution in [3.63, 3.8) is 0 Å². The first-order valence-electron chi connectivity index (χ1n) is 6.12. The van der Waals surface area contributed by atoms with Gasteiger partial charge in [-0.05, 0) is 19.1 Å². The van der Waals surface area contributed by atoms with Gasteiger partial charge in [0.2, 0.25) is 10.0 Å². The molecule has 1 aromatic carbocycles. The van der Waals surface area contributed by atoms with Crippen LogP contribution in [0.25, 0.3) is 0 Å². The van der Waals surface area contributed by atoms with E-state index in [0.29, 0.717) is 17.3 Å². The molecule has 0 fully saturated rings. The van der Waals surface area contributed by atoms with Gasteiger partial charge >= 0.3 is 0 Å². The molecule has 8 nitrogen and oxygen atoms in total. The fraction of sp³-hybridized carbons (Fsp3) is 0.333. The quantitative estimate of drug-likeness (QED) is 0.778. The molecule has 0 aliphatic rings. The Labute approximate surface area is 123 Å².